The number of hydrogen-bond acceptors (Lipinski definition) is 4. The SMILES string of the molecule is Cc1nn(-c2ccccc2)c(C)c1CN1CCCC(O)(CO)CC1. The molecule has 0 bridgehead atoms. The fourth-order valence-electron chi connectivity index (χ4n) is 3.50. The van der Waals surface area contributed by atoms with Crippen LogP contribution in [0.3, 0.4) is 0 Å². The lowest BCUT2D eigenvalue weighted by Crippen LogP contribution is -2.34. The highest BCUT2D eigenvalue weighted by molar-refractivity contribution is 5.36. The van der Waals surface area contributed by atoms with Crippen LogP contribution in [0, 0.1) is 13.8 Å². The first-order valence-electron chi connectivity index (χ1n) is 8.68. The van der Waals surface area contributed by atoms with E-state index in [0.717, 1.165) is 37.4 Å². The van der Waals surface area contributed by atoms with E-state index in [1.54, 1.807) is 0 Å². The highest BCUT2D eigenvalue weighted by Crippen LogP contribution is 2.25. The normalized spacial score (nSPS) is 22.5. The Hall–Kier alpha value is -1.69. The number of nitrogens with zero attached hydrogens (tertiary/aromatic N) is 3. The van der Waals surface area contributed by atoms with Crippen molar-refractivity contribution in [2.75, 3.05) is 19.7 Å². The average Bonchev–Trinajstić information content (AvgIpc) is 2.76. The largest absolute Gasteiger partial charge is 0.393 e. The van der Waals surface area contributed by atoms with E-state index in [1.807, 2.05) is 22.9 Å². The second kappa shape index (κ2) is 7.05. The van der Waals surface area contributed by atoms with Gasteiger partial charge in [0.15, 0.2) is 0 Å². The van der Waals surface area contributed by atoms with Crippen LogP contribution in [-0.2, 0) is 6.54 Å². The minimum absolute atomic E-state index is 0.148. The Morgan fingerprint density at radius 3 is 2.58 bits per heavy atom. The van der Waals surface area contributed by atoms with Crippen LogP contribution in [0.4, 0.5) is 0 Å². The molecule has 1 unspecified atom stereocenters. The third-order valence-corrected chi connectivity index (χ3v) is 5.13. The Kier molecular flexibility index (Phi) is 5.04. The van der Waals surface area contributed by atoms with Crippen molar-refractivity contribution >= 4 is 0 Å². The van der Waals surface area contributed by atoms with Crippen LogP contribution in [-0.4, -0.2) is 50.2 Å². The first-order valence-corrected chi connectivity index (χ1v) is 8.68. The maximum atomic E-state index is 10.3. The maximum absolute atomic E-state index is 10.3. The second-order valence-corrected chi connectivity index (χ2v) is 6.91. The lowest BCUT2D eigenvalue weighted by Gasteiger charge is -2.24. The Bertz CT molecular complexity index is 683. The zero-order valence-corrected chi connectivity index (χ0v) is 14.6. The van der Waals surface area contributed by atoms with Gasteiger partial charge in [-0.15, -0.1) is 0 Å². The van der Waals surface area contributed by atoms with E-state index in [4.69, 9.17) is 5.10 Å². The summed E-state index contributed by atoms with van der Waals surface area (Å²) in [6.07, 6.45) is 2.19. The molecule has 2 heterocycles. The smallest absolute Gasteiger partial charge is 0.0890 e. The fraction of sp³-hybridized carbons (Fsp3) is 0.526. The minimum Gasteiger partial charge on any atom is -0.393 e. The molecule has 1 aliphatic rings. The van der Waals surface area contributed by atoms with Crippen LogP contribution in [0.15, 0.2) is 30.3 Å². The van der Waals surface area contributed by atoms with Gasteiger partial charge >= 0.3 is 0 Å². The van der Waals surface area contributed by atoms with Gasteiger partial charge in [0.2, 0.25) is 0 Å². The van der Waals surface area contributed by atoms with E-state index in [9.17, 15) is 10.2 Å². The molecule has 5 nitrogen and oxygen atoms in total. The number of aryl methyl sites for hydroxylation is 1. The average molecular weight is 329 g/mol. The quantitative estimate of drug-likeness (QED) is 0.903. The summed E-state index contributed by atoms with van der Waals surface area (Å²) in [7, 11) is 0. The van der Waals surface area contributed by atoms with Gasteiger partial charge in [-0.3, -0.25) is 4.90 Å². The van der Waals surface area contributed by atoms with Crippen molar-refractivity contribution in [3.05, 3.63) is 47.3 Å². The molecule has 3 rings (SSSR count). The summed E-state index contributed by atoms with van der Waals surface area (Å²) in [5.41, 5.74) is 3.65. The van der Waals surface area contributed by atoms with Crippen LogP contribution in [0.1, 0.15) is 36.2 Å². The molecule has 1 fully saturated rings. The first kappa shape index (κ1) is 17.1. The van der Waals surface area contributed by atoms with Crippen LogP contribution >= 0.6 is 0 Å². The van der Waals surface area contributed by atoms with E-state index in [2.05, 4.69) is 30.9 Å². The summed E-state index contributed by atoms with van der Waals surface area (Å²) in [5.74, 6) is 0. The van der Waals surface area contributed by atoms with Crippen LogP contribution in [0.2, 0.25) is 0 Å². The number of aliphatic hydroxyl groups is 2. The molecule has 0 saturated carbocycles. The molecule has 2 N–H and O–H groups in total. The van der Waals surface area contributed by atoms with E-state index >= 15 is 0 Å². The Balaban J connectivity index is 1.77. The highest BCUT2D eigenvalue weighted by Gasteiger charge is 2.29. The Labute approximate surface area is 143 Å². The number of para-hydroxylation sites is 1. The number of aromatic nitrogens is 2. The molecule has 0 aliphatic carbocycles. The van der Waals surface area contributed by atoms with E-state index in [0.29, 0.717) is 12.8 Å². The fourth-order valence-corrected chi connectivity index (χ4v) is 3.50. The number of aliphatic hydroxyl groups excluding tert-OH is 1. The van der Waals surface area contributed by atoms with E-state index in [1.165, 1.54) is 11.3 Å². The van der Waals surface area contributed by atoms with Crippen molar-refractivity contribution in [3.63, 3.8) is 0 Å². The van der Waals surface area contributed by atoms with Gasteiger partial charge in [-0.25, -0.2) is 4.68 Å². The maximum Gasteiger partial charge on any atom is 0.0890 e. The molecule has 1 aromatic heterocycles. The summed E-state index contributed by atoms with van der Waals surface area (Å²) in [5, 5.41) is 24.4. The summed E-state index contributed by atoms with van der Waals surface area (Å²) in [6, 6.07) is 10.2. The van der Waals surface area contributed by atoms with Gasteiger partial charge in [0.25, 0.3) is 0 Å². The lowest BCUT2D eigenvalue weighted by molar-refractivity contribution is -0.0255. The van der Waals surface area contributed by atoms with Gasteiger partial charge in [-0.2, -0.15) is 5.10 Å². The van der Waals surface area contributed by atoms with E-state index in [-0.39, 0.29) is 6.61 Å². The number of hydrogen-bond donors (Lipinski definition) is 2. The number of likely N-dealkylation sites (tertiary alicyclic amines) is 1. The highest BCUT2D eigenvalue weighted by atomic mass is 16.3. The van der Waals surface area contributed by atoms with Crippen molar-refractivity contribution < 1.29 is 10.2 Å². The standard InChI is InChI=1S/C19H27N3O2/c1-15-18(13-21-11-6-9-19(24,14-23)10-12-21)16(2)22(20-15)17-7-4-3-5-8-17/h3-5,7-8,23-24H,6,9-14H2,1-2H3. The van der Waals surface area contributed by atoms with Crippen molar-refractivity contribution in [1.29, 1.82) is 0 Å². The van der Waals surface area contributed by atoms with E-state index < -0.39 is 5.60 Å². The molecular weight excluding hydrogens is 302 g/mol. The molecule has 1 saturated heterocycles. The zero-order chi connectivity index (χ0) is 17.2. The molecule has 5 heteroatoms. The molecule has 2 aromatic rings. The zero-order valence-electron chi connectivity index (χ0n) is 14.6. The van der Waals surface area contributed by atoms with Crippen LogP contribution in [0.5, 0.6) is 0 Å². The predicted molar refractivity (Wildman–Crippen MR) is 94.2 cm³/mol. The number of benzene rings is 1. The molecule has 0 amide bonds. The van der Waals surface area contributed by atoms with Crippen molar-refractivity contribution in [2.24, 2.45) is 0 Å². The third-order valence-electron chi connectivity index (χ3n) is 5.13. The summed E-state index contributed by atoms with van der Waals surface area (Å²) in [6.45, 7) is 6.61. The second-order valence-electron chi connectivity index (χ2n) is 6.91. The van der Waals surface area contributed by atoms with Crippen LogP contribution < -0.4 is 0 Å². The van der Waals surface area contributed by atoms with Gasteiger partial charge < -0.3 is 10.2 Å². The number of rotatable bonds is 4. The van der Waals surface area contributed by atoms with Crippen LogP contribution in [0.25, 0.3) is 5.69 Å². The van der Waals surface area contributed by atoms with Crippen molar-refractivity contribution in [2.45, 2.75) is 45.3 Å². The molecule has 24 heavy (non-hydrogen) atoms. The lowest BCUT2D eigenvalue weighted by atomic mass is 9.96. The van der Waals surface area contributed by atoms with Crippen molar-refractivity contribution in [3.8, 4) is 5.69 Å². The Morgan fingerprint density at radius 2 is 1.88 bits per heavy atom. The predicted octanol–water partition coefficient (Wildman–Crippen LogP) is 2.20. The molecule has 1 atom stereocenters. The molecular formula is C19H27N3O2. The van der Waals surface area contributed by atoms with Gasteiger partial charge in [0.05, 0.1) is 23.6 Å². The van der Waals surface area contributed by atoms with Crippen molar-refractivity contribution in [1.82, 2.24) is 14.7 Å². The van der Waals surface area contributed by atoms with Gasteiger partial charge in [0.1, 0.15) is 0 Å². The summed E-state index contributed by atoms with van der Waals surface area (Å²) in [4.78, 5) is 2.36. The molecule has 0 radical (unpaired) electrons. The molecule has 1 aromatic carbocycles. The molecule has 1 aliphatic heterocycles. The first-order chi connectivity index (χ1) is 11.5. The molecule has 0 spiro atoms. The topological polar surface area (TPSA) is 61.5 Å². The van der Waals surface area contributed by atoms with Gasteiger partial charge in [-0.1, -0.05) is 18.2 Å². The van der Waals surface area contributed by atoms with Gasteiger partial charge in [-0.05, 0) is 51.8 Å². The summed E-state index contributed by atoms with van der Waals surface area (Å²) < 4.78 is 2.01. The summed E-state index contributed by atoms with van der Waals surface area (Å²) >= 11 is 0. The monoisotopic (exact) mass is 329 g/mol. The third kappa shape index (κ3) is 3.53. The minimum atomic E-state index is -0.910. The molecule has 130 valence electrons. The van der Waals surface area contributed by atoms with Gasteiger partial charge in [0, 0.05) is 24.3 Å². The Morgan fingerprint density at radius 1 is 1.12 bits per heavy atom.